The molecule has 0 radical (unpaired) electrons. The molecular formula is C28H30N4O4. The zero-order chi connectivity index (χ0) is 25.3. The first-order chi connectivity index (χ1) is 17.5. The molecule has 0 unspecified atom stereocenters. The topological polar surface area (TPSA) is 101 Å². The summed E-state index contributed by atoms with van der Waals surface area (Å²) in [5.74, 6) is -0.00280. The Morgan fingerprint density at radius 2 is 1.56 bits per heavy atom. The molecule has 1 fully saturated rings. The number of likely N-dealkylation sites (tertiary alicyclic amines) is 1. The molecule has 0 aliphatic carbocycles. The lowest BCUT2D eigenvalue weighted by molar-refractivity contribution is 0.0914. The first-order valence-electron chi connectivity index (χ1n) is 12.0. The fraction of sp³-hybridized carbons (Fsp3) is 0.286. The second-order valence-corrected chi connectivity index (χ2v) is 8.81. The normalized spacial score (nSPS) is 13.6. The van der Waals surface area contributed by atoms with E-state index in [1.54, 1.807) is 41.6 Å². The van der Waals surface area contributed by atoms with Crippen LogP contribution in [0.5, 0.6) is 0 Å². The number of carbonyl (C=O) groups is 3. The van der Waals surface area contributed by atoms with E-state index in [1.165, 1.54) is 7.11 Å². The number of piperidine rings is 1. The Morgan fingerprint density at radius 1 is 0.889 bits per heavy atom. The fourth-order valence-electron chi connectivity index (χ4n) is 4.25. The number of pyridine rings is 1. The Kier molecular flexibility index (Phi) is 8.28. The van der Waals surface area contributed by atoms with Gasteiger partial charge in [0.05, 0.1) is 7.11 Å². The van der Waals surface area contributed by atoms with Crippen LogP contribution in [0.4, 0.5) is 4.79 Å². The average Bonchev–Trinajstić information content (AvgIpc) is 2.95. The van der Waals surface area contributed by atoms with Gasteiger partial charge in [0, 0.05) is 49.7 Å². The van der Waals surface area contributed by atoms with Gasteiger partial charge < -0.3 is 20.3 Å². The van der Waals surface area contributed by atoms with Crippen LogP contribution in [-0.2, 0) is 11.3 Å². The minimum Gasteiger partial charge on any atom is -0.453 e. The smallest absolute Gasteiger partial charge is 0.409 e. The number of amides is 3. The maximum absolute atomic E-state index is 12.7. The second kappa shape index (κ2) is 12.0. The van der Waals surface area contributed by atoms with Crippen molar-refractivity contribution >= 4 is 17.9 Å². The molecular weight excluding hydrogens is 456 g/mol. The summed E-state index contributed by atoms with van der Waals surface area (Å²) < 4.78 is 4.76. The predicted octanol–water partition coefficient (Wildman–Crippen LogP) is 3.89. The highest BCUT2D eigenvalue weighted by molar-refractivity contribution is 5.95. The average molecular weight is 487 g/mol. The molecule has 4 rings (SSSR count). The van der Waals surface area contributed by atoms with E-state index >= 15 is 0 Å². The Balaban J connectivity index is 1.25. The predicted molar refractivity (Wildman–Crippen MR) is 136 cm³/mol. The molecule has 0 saturated carbocycles. The number of nitrogens with zero attached hydrogens (tertiary/aromatic N) is 2. The zero-order valence-corrected chi connectivity index (χ0v) is 20.3. The van der Waals surface area contributed by atoms with Crippen molar-refractivity contribution in [2.75, 3.05) is 26.7 Å². The van der Waals surface area contributed by atoms with Crippen LogP contribution in [0.2, 0.25) is 0 Å². The lowest BCUT2D eigenvalue weighted by Crippen LogP contribution is -2.41. The fourth-order valence-corrected chi connectivity index (χ4v) is 4.25. The van der Waals surface area contributed by atoms with Crippen LogP contribution in [0.1, 0.15) is 39.1 Å². The zero-order valence-electron chi connectivity index (χ0n) is 20.3. The monoisotopic (exact) mass is 486 g/mol. The molecule has 3 amide bonds. The SMILES string of the molecule is COC(=O)N1CCC(CNC(=O)c2cccc(CNC(=O)c3ccc(-c4ccncc4)cc3)c2)CC1. The van der Waals surface area contributed by atoms with E-state index in [0.717, 1.165) is 29.5 Å². The molecule has 2 heterocycles. The first kappa shape index (κ1) is 24.9. The number of ether oxygens (including phenoxy) is 1. The van der Waals surface area contributed by atoms with Gasteiger partial charge >= 0.3 is 6.09 Å². The van der Waals surface area contributed by atoms with Crippen molar-refractivity contribution in [3.63, 3.8) is 0 Å². The highest BCUT2D eigenvalue weighted by Gasteiger charge is 2.23. The molecule has 8 nitrogen and oxygen atoms in total. The maximum Gasteiger partial charge on any atom is 0.409 e. The molecule has 36 heavy (non-hydrogen) atoms. The van der Waals surface area contributed by atoms with Gasteiger partial charge in [-0.15, -0.1) is 0 Å². The quantitative estimate of drug-likeness (QED) is 0.528. The number of carbonyl (C=O) groups excluding carboxylic acids is 3. The van der Waals surface area contributed by atoms with Gasteiger partial charge in [0.2, 0.25) is 0 Å². The highest BCUT2D eigenvalue weighted by Crippen LogP contribution is 2.19. The largest absolute Gasteiger partial charge is 0.453 e. The highest BCUT2D eigenvalue weighted by atomic mass is 16.5. The standard InChI is InChI=1S/C28H30N4O4/c1-36-28(35)32-15-11-20(12-16-32)18-30-27(34)25-4-2-3-21(17-25)19-31-26(33)24-7-5-22(6-8-24)23-9-13-29-14-10-23/h2-10,13-14,17,20H,11-12,15-16,18-19H2,1H3,(H,30,34)(H,31,33). The molecule has 1 aliphatic heterocycles. The van der Waals surface area contributed by atoms with Crippen molar-refractivity contribution in [2.24, 2.45) is 5.92 Å². The van der Waals surface area contributed by atoms with Crippen LogP contribution in [0.25, 0.3) is 11.1 Å². The van der Waals surface area contributed by atoms with Crippen LogP contribution < -0.4 is 10.6 Å². The summed E-state index contributed by atoms with van der Waals surface area (Å²) in [5.41, 5.74) is 4.02. The number of benzene rings is 2. The summed E-state index contributed by atoms with van der Waals surface area (Å²) in [6.45, 7) is 2.14. The van der Waals surface area contributed by atoms with Gasteiger partial charge in [-0.25, -0.2) is 4.79 Å². The van der Waals surface area contributed by atoms with Crippen LogP contribution >= 0.6 is 0 Å². The summed E-state index contributed by atoms with van der Waals surface area (Å²) in [7, 11) is 1.38. The molecule has 2 aromatic carbocycles. The van der Waals surface area contributed by atoms with E-state index in [1.807, 2.05) is 36.4 Å². The third-order valence-electron chi connectivity index (χ3n) is 6.40. The Hall–Kier alpha value is -4.20. The minimum absolute atomic E-state index is 0.148. The molecule has 1 saturated heterocycles. The Labute approximate surface area is 210 Å². The van der Waals surface area contributed by atoms with Crippen molar-refractivity contribution in [3.8, 4) is 11.1 Å². The Morgan fingerprint density at radius 3 is 2.25 bits per heavy atom. The molecule has 0 atom stereocenters. The summed E-state index contributed by atoms with van der Waals surface area (Å²) in [5, 5.41) is 5.92. The van der Waals surface area contributed by atoms with Crippen molar-refractivity contribution in [2.45, 2.75) is 19.4 Å². The molecule has 1 aliphatic rings. The Bertz CT molecular complexity index is 1190. The summed E-state index contributed by atoms with van der Waals surface area (Å²) >= 11 is 0. The molecule has 8 heteroatoms. The third-order valence-corrected chi connectivity index (χ3v) is 6.40. The van der Waals surface area contributed by atoms with Crippen LogP contribution in [0.15, 0.2) is 73.1 Å². The number of hydrogen-bond acceptors (Lipinski definition) is 5. The molecule has 0 bridgehead atoms. The van der Waals surface area contributed by atoms with E-state index in [-0.39, 0.29) is 17.9 Å². The van der Waals surface area contributed by atoms with Gasteiger partial charge in [0.1, 0.15) is 0 Å². The van der Waals surface area contributed by atoms with E-state index < -0.39 is 0 Å². The molecule has 3 aromatic rings. The van der Waals surface area contributed by atoms with Gasteiger partial charge in [0.15, 0.2) is 0 Å². The second-order valence-electron chi connectivity index (χ2n) is 8.81. The molecule has 186 valence electrons. The molecule has 1 aromatic heterocycles. The van der Waals surface area contributed by atoms with Crippen LogP contribution in [0.3, 0.4) is 0 Å². The minimum atomic E-state index is -0.302. The van der Waals surface area contributed by atoms with E-state index in [9.17, 15) is 14.4 Å². The lowest BCUT2D eigenvalue weighted by Gasteiger charge is -2.30. The van der Waals surface area contributed by atoms with Gasteiger partial charge in [-0.2, -0.15) is 0 Å². The van der Waals surface area contributed by atoms with E-state index in [4.69, 9.17) is 4.74 Å². The number of methoxy groups -OCH3 is 1. The number of nitrogens with one attached hydrogen (secondary N) is 2. The third kappa shape index (κ3) is 6.47. The van der Waals surface area contributed by atoms with Crippen molar-refractivity contribution in [1.29, 1.82) is 0 Å². The number of rotatable bonds is 7. The van der Waals surface area contributed by atoms with E-state index in [0.29, 0.717) is 43.2 Å². The summed E-state index contributed by atoms with van der Waals surface area (Å²) in [6, 6.07) is 18.5. The van der Waals surface area contributed by atoms with Gasteiger partial charge in [-0.05, 0) is 71.8 Å². The lowest BCUT2D eigenvalue weighted by atomic mass is 9.97. The van der Waals surface area contributed by atoms with Crippen molar-refractivity contribution in [1.82, 2.24) is 20.5 Å². The van der Waals surface area contributed by atoms with Gasteiger partial charge in [-0.3, -0.25) is 14.6 Å². The van der Waals surface area contributed by atoms with Crippen molar-refractivity contribution < 1.29 is 19.1 Å². The molecule has 2 N–H and O–H groups in total. The summed E-state index contributed by atoms with van der Waals surface area (Å²) in [6.07, 6.45) is 4.82. The van der Waals surface area contributed by atoms with Gasteiger partial charge in [0.25, 0.3) is 11.8 Å². The summed E-state index contributed by atoms with van der Waals surface area (Å²) in [4.78, 5) is 42.6. The van der Waals surface area contributed by atoms with Crippen molar-refractivity contribution in [3.05, 3.63) is 89.7 Å². The maximum atomic E-state index is 12.7. The van der Waals surface area contributed by atoms with Crippen LogP contribution in [-0.4, -0.2) is 54.5 Å². The first-order valence-corrected chi connectivity index (χ1v) is 12.0. The van der Waals surface area contributed by atoms with E-state index in [2.05, 4.69) is 15.6 Å². The molecule has 0 spiro atoms. The number of aromatic nitrogens is 1. The number of hydrogen-bond donors (Lipinski definition) is 2. The van der Waals surface area contributed by atoms with Crippen LogP contribution in [0, 0.1) is 5.92 Å². The van der Waals surface area contributed by atoms with Gasteiger partial charge in [-0.1, -0.05) is 24.3 Å².